The van der Waals surface area contributed by atoms with Gasteiger partial charge in [0.05, 0.1) is 0 Å². The zero-order valence-corrected chi connectivity index (χ0v) is 32.0. The molecular weight excluding hydrogens is 689 g/mol. The summed E-state index contributed by atoms with van der Waals surface area (Å²) in [7, 11) is 4.19. The molecular formula is C48H48N8. The van der Waals surface area contributed by atoms with E-state index >= 15 is 0 Å². The van der Waals surface area contributed by atoms with Crippen LogP contribution in [0.2, 0.25) is 0 Å². The molecule has 6 aromatic heterocycles. The second kappa shape index (κ2) is 15.0. The van der Waals surface area contributed by atoms with Crippen LogP contribution in [0.1, 0.15) is 12.8 Å². The summed E-state index contributed by atoms with van der Waals surface area (Å²) in [5.41, 5.74) is 26.5. The molecule has 0 radical (unpaired) electrons. The normalized spacial score (nSPS) is 11.6. The summed E-state index contributed by atoms with van der Waals surface area (Å²) in [4.78, 5) is 6.78. The third kappa shape index (κ3) is 6.32. The van der Waals surface area contributed by atoms with Gasteiger partial charge >= 0.3 is 0 Å². The van der Waals surface area contributed by atoms with Crippen LogP contribution in [0.4, 0.5) is 0 Å². The molecule has 0 saturated carbocycles. The van der Waals surface area contributed by atoms with E-state index in [9.17, 15) is 0 Å². The van der Waals surface area contributed by atoms with E-state index in [1.54, 1.807) is 0 Å². The van der Waals surface area contributed by atoms with Gasteiger partial charge in [0.25, 0.3) is 0 Å². The molecule has 6 N–H and O–H groups in total. The quantitative estimate of drug-likeness (QED) is 0.112. The van der Waals surface area contributed by atoms with Gasteiger partial charge in [-0.05, 0) is 50.2 Å². The molecule has 0 spiro atoms. The summed E-state index contributed by atoms with van der Waals surface area (Å²) in [5, 5.41) is 5.07. The number of benzene rings is 4. The van der Waals surface area contributed by atoms with E-state index in [2.05, 4.69) is 189 Å². The molecule has 10 rings (SSSR count). The van der Waals surface area contributed by atoms with Gasteiger partial charge in [0.15, 0.2) is 0 Å². The maximum absolute atomic E-state index is 5.80. The number of hydrogen-bond acceptors (Lipinski definition) is 2. The second-order valence-electron chi connectivity index (χ2n) is 14.8. The molecule has 0 fully saturated rings. The highest BCUT2D eigenvalue weighted by molar-refractivity contribution is 6.06. The number of rotatable bonds is 10. The van der Waals surface area contributed by atoms with Gasteiger partial charge in [-0.3, -0.25) is 0 Å². The molecule has 0 atom stereocenters. The summed E-state index contributed by atoms with van der Waals surface area (Å²) in [6.07, 6.45) is 19.6. The lowest BCUT2D eigenvalue weighted by Crippen LogP contribution is -2.04. The van der Waals surface area contributed by atoms with Gasteiger partial charge in [-0.15, -0.1) is 0 Å². The van der Waals surface area contributed by atoms with Crippen molar-refractivity contribution in [1.82, 2.24) is 28.2 Å². The van der Waals surface area contributed by atoms with Gasteiger partial charge in [0.1, 0.15) is 0 Å². The highest BCUT2D eigenvalue weighted by Crippen LogP contribution is 2.42. The SMILES string of the molecule is Cn1cc(-c2c[nH]c3ccccc23)c(-c2c[nH]c3ccccc23)c1.Cn1cc(-c2cn(CCCN)c3ccccc23)c(-c2cn(CCCN)c3ccccc23)c1. The first-order valence-corrected chi connectivity index (χ1v) is 19.5. The Morgan fingerprint density at radius 1 is 0.411 bits per heavy atom. The molecule has 4 aromatic carbocycles. The summed E-state index contributed by atoms with van der Waals surface area (Å²) in [5.74, 6) is 0. The Morgan fingerprint density at radius 3 is 1.18 bits per heavy atom. The van der Waals surface area contributed by atoms with Crippen molar-refractivity contribution in [2.75, 3.05) is 13.1 Å². The molecule has 0 bridgehead atoms. The van der Waals surface area contributed by atoms with Crippen LogP contribution in [0, 0.1) is 0 Å². The number of fused-ring (bicyclic) bond motifs is 4. The Balaban J connectivity index is 0.000000152. The van der Waals surface area contributed by atoms with Crippen LogP contribution in [0.25, 0.3) is 88.1 Å². The third-order valence-corrected chi connectivity index (χ3v) is 11.0. The fraction of sp³-hybridized carbons (Fsp3) is 0.167. The molecule has 0 aliphatic carbocycles. The Morgan fingerprint density at radius 2 is 0.768 bits per heavy atom. The Labute approximate surface area is 326 Å². The van der Waals surface area contributed by atoms with Gasteiger partial charge in [0, 0.05) is 165 Å². The largest absolute Gasteiger partial charge is 0.361 e. The summed E-state index contributed by atoms with van der Waals surface area (Å²) in [6, 6.07) is 34.2. The first kappa shape index (κ1) is 35.2. The minimum Gasteiger partial charge on any atom is -0.361 e. The number of aromatic amines is 2. The summed E-state index contributed by atoms with van der Waals surface area (Å²) < 4.78 is 8.99. The van der Waals surface area contributed by atoms with E-state index in [0.717, 1.165) is 25.9 Å². The molecule has 56 heavy (non-hydrogen) atoms. The van der Waals surface area contributed by atoms with Crippen molar-refractivity contribution in [3.8, 4) is 44.5 Å². The lowest BCUT2D eigenvalue weighted by molar-refractivity contribution is 0.671. The number of H-pyrrole nitrogens is 2. The standard InChI is InChI=1S/C27H31N5.C21H17N3/c1-30-16-22(24-18-31(14-6-12-28)26-10-4-2-8-20(24)26)23(17-30)25-19-32(15-7-13-29)27-11-5-3-9-21(25)27;1-24-12-18(16-10-22-20-8-4-2-6-14(16)20)19(13-24)17-11-23-21-9-5-3-7-15(17)21/h2-5,8-11,16-19H,6-7,12-15,28-29H2,1H3;2-13,22-23H,1H3. The lowest BCUT2D eigenvalue weighted by atomic mass is 9.98. The van der Waals surface area contributed by atoms with Crippen LogP contribution in [0.5, 0.6) is 0 Å². The molecule has 0 unspecified atom stereocenters. The lowest BCUT2D eigenvalue weighted by Gasteiger charge is -2.03. The average molecular weight is 737 g/mol. The number of hydrogen-bond donors (Lipinski definition) is 4. The molecule has 280 valence electrons. The zero-order chi connectivity index (χ0) is 38.2. The van der Waals surface area contributed by atoms with Gasteiger partial charge in [-0.1, -0.05) is 72.8 Å². The van der Waals surface area contributed by atoms with Gasteiger partial charge in [0.2, 0.25) is 0 Å². The van der Waals surface area contributed by atoms with Crippen molar-refractivity contribution in [2.24, 2.45) is 25.6 Å². The van der Waals surface area contributed by atoms with Gasteiger partial charge in [-0.25, -0.2) is 0 Å². The number of nitrogens with two attached hydrogens (primary N) is 2. The Bertz CT molecular complexity index is 2740. The molecule has 8 heteroatoms. The van der Waals surface area contributed by atoms with Crippen LogP contribution >= 0.6 is 0 Å². The van der Waals surface area contributed by atoms with E-state index in [-0.39, 0.29) is 0 Å². The van der Waals surface area contributed by atoms with Gasteiger partial charge in [-0.2, -0.15) is 0 Å². The Hall–Kier alpha value is -6.48. The predicted molar refractivity (Wildman–Crippen MR) is 235 cm³/mol. The molecule has 8 nitrogen and oxygen atoms in total. The first-order valence-electron chi connectivity index (χ1n) is 19.5. The fourth-order valence-electron chi connectivity index (χ4n) is 8.43. The fourth-order valence-corrected chi connectivity index (χ4v) is 8.43. The Kier molecular flexibility index (Phi) is 9.43. The van der Waals surface area contributed by atoms with Crippen LogP contribution in [0.3, 0.4) is 0 Å². The maximum Gasteiger partial charge on any atom is 0.0486 e. The number of para-hydroxylation sites is 4. The summed E-state index contributed by atoms with van der Waals surface area (Å²) in [6.45, 7) is 3.25. The monoisotopic (exact) mass is 736 g/mol. The topological polar surface area (TPSA) is 103 Å². The predicted octanol–water partition coefficient (Wildman–Crippen LogP) is 10.3. The van der Waals surface area contributed by atoms with Crippen molar-refractivity contribution < 1.29 is 0 Å². The van der Waals surface area contributed by atoms with Crippen LogP contribution in [-0.4, -0.2) is 41.3 Å². The molecule has 0 amide bonds. The molecule has 6 heterocycles. The van der Waals surface area contributed by atoms with E-state index in [0.29, 0.717) is 13.1 Å². The molecule has 0 saturated heterocycles. The number of aromatic nitrogens is 6. The van der Waals surface area contributed by atoms with Crippen molar-refractivity contribution in [1.29, 1.82) is 0 Å². The zero-order valence-electron chi connectivity index (χ0n) is 32.0. The second-order valence-corrected chi connectivity index (χ2v) is 14.8. The third-order valence-electron chi connectivity index (χ3n) is 11.0. The van der Waals surface area contributed by atoms with Crippen molar-refractivity contribution in [2.45, 2.75) is 25.9 Å². The highest BCUT2D eigenvalue weighted by atomic mass is 15.0. The van der Waals surface area contributed by atoms with Crippen molar-refractivity contribution >= 4 is 43.6 Å². The van der Waals surface area contributed by atoms with Crippen molar-refractivity contribution in [3.05, 3.63) is 147 Å². The number of nitrogens with zero attached hydrogens (tertiary/aromatic N) is 4. The highest BCUT2D eigenvalue weighted by Gasteiger charge is 2.20. The van der Waals surface area contributed by atoms with E-state index in [1.165, 1.54) is 88.1 Å². The molecule has 0 aliphatic heterocycles. The minimum atomic E-state index is 0.695. The van der Waals surface area contributed by atoms with E-state index in [4.69, 9.17) is 11.5 Å². The smallest absolute Gasteiger partial charge is 0.0486 e. The number of aryl methyl sites for hydroxylation is 4. The van der Waals surface area contributed by atoms with E-state index in [1.807, 2.05) is 0 Å². The molecule has 0 aliphatic rings. The summed E-state index contributed by atoms with van der Waals surface area (Å²) >= 11 is 0. The van der Waals surface area contributed by atoms with Crippen LogP contribution in [-0.2, 0) is 27.2 Å². The number of nitrogens with one attached hydrogen (secondary N) is 2. The molecule has 10 aromatic rings. The average Bonchev–Trinajstić information content (AvgIpc) is 4.09. The van der Waals surface area contributed by atoms with Crippen LogP contribution in [0.15, 0.2) is 147 Å². The van der Waals surface area contributed by atoms with Crippen molar-refractivity contribution in [3.63, 3.8) is 0 Å². The first-order chi connectivity index (χ1) is 27.5. The maximum atomic E-state index is 5.80. The van der Waals surface area contributed by atoms with E-state index < -0.39 is 0 Å². The minimum absolute atomic E-state index is 0.695. The van der Waals surface area contributed by atoms with Crippen LogP contribution < -0.4 is 11.5 Å². The van der Waals surface area contributed by atoms with Gasteiger partial charge < -0.3 is 39.7 Å².